The van der Waals surface area contributed by atoms with Gasteiger partial charge in [0.25, 0.3) is 0 Å². The summed E-state index contributed by atoms with van der Waals surface area (Å²) in [6.45, 7) is 10.9. The highest BCUT2D eigenvalue weighted by Gasteiger charge is 2.24. The molecule has 0 aromatic heterocycles. The van der Waals surface area contributed by atoms with Gasteiger partial charge in [0.2, 0.25) is 0 Å². The summed E-state index contributed by atoms with van der Waals surface area (Å²) >= 11 is 6.77. The van der Waals surface area contributed by atoms with Crippen molar-refractivity contribution in [1.82, 2.24) is 0 Å². The average molecular weight is 533 g/mol. The van der Waals surface area contributed by atoms with E-state index in [0.717, 1.165) is 16.5 Å². The molecular weight excluding hydrogens is 488 g/mol. The van der Waals surface area contributed by atoms with E-state index in [1.165, 1.54) is 63.4 Å². The van der Waals surface area contributed by atoms with Crippen molar-refractivity contribution in [3.63, 3.8) is 0 Å². The van der Waals surface area contributed by atoms with Gasteiger partial charge >= 0.3 is 11.9 Å². The van der Waals surface area contributed by atoms with Gasteiger partial charge in [0.1, 0.15) is 0 Å². The molecule has 2 rings (SSSR count). The van der Waals surface area contributed by atoms with Crippen molar-refractivity contribution in [3.8, 4) is 0 Å². The zero-order chi connectivity index (χ0) is 27.2. The Hall–Kier alpha value is -2.11. The Labute approximate surface area is 228 Å². The molecule has 0 amide bonds. The number of rotatable bonds is 16. The molecule has 0 aliphatic heterocycles. The predicted molar refractivity (Wildman–Crippen MR) is 150 cm³/mol. The molecule has 0 bridgehead atoms. The average Bonchev–Trinajstić information content (AvgIpc) is 2.89. The van der Waals surface area contributed by atoms with Crippen molar-refractivity contribution in [2.24, 2.45) is 11.8 Å². The maximum absolute atomic E-state index is 11.9. The Kier molecular flexibility index (Phi) is 14.0. The summed E-state index contributed by atoms with van der Waals surface area (Å²) < 4.78 is 10.6. The maximum Gasteiger partial charge on any atom is 0.335 e. The summed E-state index contributed by atoms with van der Waals surface area (Å²) in [5.74, 6) is 0.245. The standard InChI is InChI=1S/C31H45ClO5/c1-5-6-7-8-9-24-10-13-27(14-11-24)28-15-12-25(19-29(28)32)18-26(21-37-30(34)22(2)3)16-17-36-31(35)23(4)20-33/h12,15,19,24,26-27,33H,2,4-11,13-14,16-18,20-21H2,1,3H3. The van der Waals surface area contributed by atoms with E-state index in [0.29, 0.717) is 24.3 Å². The van der Waals surface area contributed by atoms with Crippen LogP contribution < -0.4 is 0 Å². The van der Waals surface area contributed by atoms with E-state index in [2.05, 4.69) is 32.2 Å². The van der Waals surface area contributed by atoms with Crippen LogP contribution in [0, 0.1) is 11.8 Å². The van der Waals surface area contributed by atoms with Crippen LogP contribution in [0.2, 0.25) is 5.02 Å². The molecule has 1 aliphatic carbocycles. The first-order valence-electron chi connectivity index (χ1n) is 13.8. The van der Waals surface area contributed by atoms with Crippen LogP contribution in [0.4, 0.5) is 0 Å². The van der Waals surface area contributed by atoms with E-state index in [1.807, 2.05) is 6.07 Å². The third-order valence-electron chi connectivity index (χ3n) is 7.38. The number of esters is 2. The van der Waals surface area contributed by atoms with Crippen LogP contribution in [-0.2, 0) is 25.5 Å². The van der Waals surface area contributed by atoms with E-state index >= 15 is 0 Å². The summed E-state index contributed by atoms with van der Waals surface area (Å²) in [7, 11) is 0. The number of aliphatic hydroxyl groups excluding tert-OH is 1. The number of aliphatic hydroxyl groups is 1. The van der Waals surface area contributed by atoms with E-state index in [1.54, 1.807) is 6.92 Å². The molecule has 206 valence electrons. The fourth-order valence-corrected chi connectivity index (χ4v) is 5.39. The molecule has 6 heteroatoms. The molecular formula is C31H45ClO5. The number of ether oxygens (including phenoxy) is 2. The Balaban J connectivity index is 1.94. The van der Waals surface area contributed by atoms with Crippen LogP contribution in [0.15, 0.2) is 42.5 Å². The highest BCUT2D eigenvalue weighted by atomic mass is 35.5. The number of carbonyl (C=O) groups excluding carboxylic acids is 2. The van der Waals surface area contributed by atoms with Gasteiger partial charge in [0, 0.05) is 16.5 Å². The summed E-state index contributed by atoms with van der Waals surface area (Å²) in [4.78, 5) is 23.7. The molecule has 1 aliphatic rings. The second kappa shape index (κ2) is 16.7. The molecule has 1 N–H and O–H groups in total. The molecule has 0 saturated heterocycles. The van der Waals surface area contributed by atoms with E-state index in [4.69, 9.17) is 26.2 Å². The first kappa shape index (κ1) is 31.1. The number of unbranched alkanes of at least 4 members (excludes halogenated alkanes) is 3. The normalized spacial score (nSPS) is 18.2. The fourth-order valence-electron chi connectivity index (χ4n) is 5.03. The van der Waals surface area contributed by atoms with Gasteiger partial charge in [0.05, 0.1) is 25.4 Å². The lowest BCUT2D eigenvalue weighted by atomic mass is 9.77. The lowest BCUT2D eigenvalue weighted by molar-refractivity contribution is -0.143. The van der Waals surface area contributed by atoms with Crippen molar-refractivity contribution in [2.45, 2.75) is 90.4 Å². The molecule has 5 nitrogen and oxygen atoms in total. The number of hydrogen-bond acceptors (Lipinski definition) is 5. The Morgan fingerprint density at radius 3 is 2.43 bits per heavy atom. The van der Waals surface area contributed by atoms with Gasteiger partial charge in [-0.3, -0.25) is 0 Å². The summed E-state index contributed by atoms with van der Waals surface area (Å²) in [5, 5.41) is 9.83. The third kappa shape index (κ3) is 11.0. The van der Waals surface area contributed by atoms with Crippen molar-refractivity contribution in [3.05, 3.63) is 58.7 Å². The Morgan fingerprint density at radius 1 is 1.08 bits per heavy atom. The molecule has 1 saturated carbocycles. The Bertz CT molecular complexity index is 901. The molecule has 37 heavy (non-hydrogen) atoms. The lowest BCUT2D eigenvalue weighted by Gasteiger charge is -2.29. The molecule has 0 spiro atoms. The van der Waals surface area contributed by atoms with Gasteiger partial charge in [-0.1, -0.05) is 75.9 Å². The van der Waals surface area contributed by atoms with Crippen LogP contribution in [-0.4, -0.2) is 36.9 Å². The molecule has 1 aromatic carbocycles. The third-order valence-corrected chi connectivity index (χ3v) is 7.71. The van der Waals surface area contributed by atoms with Gasteiger partial charge in [-0.15, -0.1) is 0 Å². The second-order valence-corrected chi connectivity index (χ2v) is 11.0. The van der Waals surface area contributed by atoms with Gasteiger partial charge in [0.15, 0.2) is 0 Å². The van der Waals surface area contributed by atoms with Crippen molar-refractivity contribution in [2.75, 3.05) is 19.8 Å². The molecule has 1 unspecified atom stereocenters. The highest BCUT2D eigenvalue weighted by Crippen LogP contribution is 2.40. The van der Waals surface area contributed by atoms with Gasteiger partial charge < -0.3 is 14.6 Å². The quantitative estimate of drug-likeness (QED) is 0.137. The summed E-state index contributed by atoms with van der Waals surface area (Å²) in [6, 6.07) is 6.30. The summed E-state index contributed by atoms with van der Waals surface area (Å²) in [5.41, 5.74) is 2.64. The molecule has 0 heterocycles. The first-order chi connectivity index (χ1) is 17.7. The Morgan fingerprint density at radius 2 is 1.81 bits per heavy atom. The van der Waals surface area contributed by atoms with Crippen LogP contribution >= 0.6 is 11.6 Å². The smallest absolute Gasteiger partial charge is 0.335 e. The molecule has 1 fully saturated rings. The highest BCUT2D eigenvalue weighted by molar-refractivity contribution is 6.31. The topological polar surface area (TPSA) is 72.8 Å². The zero-order valence-corrected chi connectivity index (χ0v) is 23.5. The first-order valence-corrected chi connectivity index (χ1v) is 14.2. The van der Waals surface area contributed by atoms with Gasteiger partial charge in [-0.05, 0) is 74.5 Å². The lowest BCUT2D eigenvalue weighted by Crippen LogP contribution is -2.20. The summed E-state index contributed by atoms with van der Waals surface area (Å²) in [6.07, 6.45) is 12.8. The maximum atomic E-state index is 11.9. The van der Waals surface area contributed by atoms with Crippen LogP contribution in [0.1, 0.15) is 95.1 Å². The van der Waals surface area contributed by atoms with Crippen LogP contribution in [0.3, 0.4) is 0 Å². The van der Waals surface area contributed by atoms with Crippen LogP contribution in [0.25, 0.3) is 0 Å². The fraction of sp³-hybridized carbons (Fsp3) is 0.613. The monoisotopic (exact) mass is 532 g/mol. The SMILES string of the molecule is C=C(C)C(=O)OCC(CCOC(=O)C(=C)CO)Cc1ccc(C2CCC(CCCCCC)CC2)c(Cl)c1. The van der Waals surface area contributed by atoms with Gasteiger partial charge in [-0.2, -0.15) is 0 Å². The molecule has 1 atom stereocenters. The van der Waals surface area contributed by atoms with E-state index in [9.17, 15) is 9.59 Å². The largest absolute Gasteiger partial charge is 0.462 e. The number of carbonyl (C=O) groups is 2. The minimum Gasteiger partial charge on any atom is -0.462 e. The van der Waals surface area contributed by atoms with Gasteiger partial charge in [-0.25, -0.2) is 9.59 Å². The molecule has 1 aromatic rings. The van der Waals surface area contributed by atoms with E-state index < -0.39 is 18.5 Å². The van der Waals surface area contributed by atoms with Crippen LogP contribution in [0.5, 0.6) is 0 Å². The predicted octanol–water partition coefficient (Wildman–Crippen LogP) is 7.34. The zero-order valence-electron chi connectivity index (χ0n) is 22.7. The minimum absolute atomic E-state index is 0.0122. The van der Waals surface area contributed by atoms with E-state index in [-0.39, 0.29) is 24.7 Å². The van der Waals surface area contributed by atoms with Crippen molar-refractivity contribution >= 4 is 23.5 Å². The second-order valence-electron chi connectivity index (χ2n) is 10.6. The molecule has 0 radical (unpaired) electrons. The minimum atomic E-state index is -0.622. The number of hydrogen-bond donors (Lipinski definition) is 1. The number of benzene rings is 1. The number of halogens is 1. The van der Waals surface area contributed by atoms with Crippen molar-refractivity contribution < 1.29 is 24.2 Å². The van der Waals surface area contributed by atoms with Crippen molar-refractivity contribution in [1.29, 1.82) is 0 Å².